The van der Waals surface area contributed by atoms with Crippen LogP contribution in [0.3, 0.4) is 0 Å². The summed E-state index contributed by atoms with van der Waals surface area (Å²) < 4.78 is 16.1. The third-order valence-corrected chi connectivity index (χ3v) is 3.65. The SMILES string of the molecule is CCCOc1ccccc1OCC(=O)O[C@H](C)C(=O)Nc1cccnc1Cl. The molecule has 0 aliphatic carbocycles. The molecule has 0 aliphatic rings. The van der Waals surface area contributed by atoms with E-state index in [4.69, 9.17) is 25.8 Å². The predicted octanol–water partition coefficient (Wildman–Crippen LogP) is 3.47. The second-order valence-electron chi connectivity index (χ2n) is 5.55. The van der Waals surface area contributed by atoms with E-state index in [0.29, 0.717) is 23.8 Å². The molecule has 0 saturated heterocycles. The lowest BCUT2D eigenvalue weighted by Gasteiger charge is -2.15. The smallest absolute Gasteiger partial charge is 0.344 e. The minimum absolute atomic E-state index is 0.149. The highest BCUT2D eigenvalue weighted by Gasteiger charge is 2.19. The van der Waals surface area contributed by atoms with Crippen molar-refractivity contribution in [2.24, 2.45) is 0 Å². The fourth-order valence-corrected chi connectivity index (χ4v) is 2.20. The molecule has 1 heterocycles. The maximum absolute atomic E-state index is 12.1. The summed E-state index contributed by atoms with van der Waals surface area (Å²) in [7, 11) is 0. The number of aromatic nitrogens is 1. The Morgan fingerprint density at radius 1 is 1.15 bits per heavy atom. The van der Waals surface area contributed by atoms with Gasteiger partial charge in [-0.3, -0.25) is 4.79 Å². The molecule has 0 bridgehead atoms. The first-order chi connectivity index (χ1) is 13.0. The normalized spacial score (nSPS) is 11.4. The van der Waals surface area contributed by atoms with Gasteiger partial charge in [-0.1, -0.05) is 30.7 Å². The van der Waals surface area contributed by atoms with Crippen LogP contribution in [0.1, 0.15) is 20.3 Å². The number of nitrogens with one attached hydrogen (secondary N) is 1. The summed E-state index contributed by atoms with van der Waals surface area (Å²) in [4.78, 5) is 27.9. The Kier molecular flexibility index (Phi) is 7.88. The Balaban J connectivity index is 1.85. The molecule has 144 valence electrons. The molecule has 0 fully saturated rings. The van der Waals surface area contributed by atoms with Crippen molar-refractivity contribution in [2.75, 3.05) is 18.5 Å². The number of para-hydroxylation sites is 2. The van der Waals surface area contributed by atoms with Crippen LogP contribution in [0.4, 0.5) is 5.69 Å². The maximum atomic E-state index is 12.1. The van der Waals surface area contributed by atoms with Gasteiger partial charge in [-0.15, -0.1) is 0 Å². The Morgan fingerprint density at radius 3 is 2.52 bits per heavy atom. The first-order valence-corrected chi connectivity index (χ1v) is 8.84. The van der Waals surface area contributed by atoms with Gasteiger partial charge in [0.25, 0.3) is 5.91 Å². The molecule has 1 amide bonds. The number of hydrogen-bond acceptors (Lipinski definition) is 6. The van der Waals surface area contributed by atoms with Gasteiger partial charge in [0, 0.05) is 6.20 Å². The molecule has 8 heteroatoms. The number of amides is 1. The van der Waals surface area contributed by atoms with E-state index in [-0.39, 0.29) is 11.8 Å². The molecule has 1 aromatic carbocycles. The average Bonchev–Trinajstić information content (AvgIpc) is 2.67. The second kappa shape index (κ2) is 10.4. The summed E-state index contributed by atoms with van der Waals surface area (Å²) in [5.74, 6) is -0.225. The third-order valence-electron chi connectivity index (χ3n) is 3.35. The van der Waals surface area contributed by atoms with Crippen molar-refractivity contribution in [2.45, 2.75) is 26.4 Å². The van der Waals surface area contributed by atoms with Crippen molar-refractivity contribution >= 4 is 29.2 Å². The lowest BCUT2D eigenvalue weighted by atomic mass is 10.3. The van der Waals surface area contributed by atoms with Gasteiger partial charge < -0.3 is 19.5 Å². The largest absolute Gasteiger partial charge is 0.490 e. The number of carbonyl (C=O) groups excluding carboxylic acids is 2. The molecular weight excluding hydrogens is 372 g/mol. The number of carbonyl (C=O) groups is 2. The topological polar surface area (TPSA) is 86.8 Å². The van der Waals surface area contributed by atoms with Crippen LogP contribution in [-0.4, -0.2) is 36.2 Å². The second-order valence-corrected chi connectivity index (χ2v) is 5.90. The van der Waals surface area contributed by atoms with Gasteiger partial charge in [0.15, 0.2) is 29.4 Å². The zero-order chi connectivity index (χ0) is 19.6. The molecule has 2 rings (SSSR count). The molecule has 0 aliphatic heterocycles. The van der Waals surface area contributed by atoms with Crippen LogP contribution in [0.2, 0.25) is 5.15 Å². The summed E-state index contributed by atoms with van der Waals surface area (Å²) in [6.07, 6.45) is 1.33. The van der Waals surface area contributed by atoms with Crippen molar-refractivity contribution in [3.63, 3.8) is 0 Å². The van der Waals surface area contributed by atoms with Crippen LogP contribution >= 0.6 is 11.6 Å². The lowest BCUT2D eigenvalue weighted by molar-refractivity contribution is -0.155. The molecule has 1 aromatic heterocycles. The molecule has 7 nitrogen and oxygen atoms in total. The molecular formula is C19H21ClN2O5. The monoisotopic (exact) mass is 392 g/mol. The van der Waals surface area contributed by atoms with Crippen LogP contribution in [-0.2, 0) is 14.3 Å². The fourth-order valence-electron chi connectivity index (χ4n) is 2.04. The molecule has 2 aromatic rings. The van der Waals surface area contributed by atoms with E-state index < -0.39 is 18.0 Å². The highest BCUT2D eigenvalue weighted by atomic mass is 35.5. The summed E-state index contributed by atoms with van der Waals surface area (Å²) in [6, 6.07) is 10.3. The molecule has 1 N–H and O–H groups in total. The first-order valence-electron chi connectivity index (χ1n) is 8.46. The van der Waals surface area contributed by atoms with Gasteiger partial charge in [-0.05, 0) is 37.6 Å². The first kappa shape index (κ1) is 20.5. The van der Waals surface area contributed by atoms with E-state index in [1.165, 1.54) is 13.1 Å². The number of pyridine rings is 1. The van der Waals surface area contributed by atoms with E-state index >= 15 is 0 Å². The van der Waals surface area contributed by atoms with Crippen molar-refractivity contribution in [1.82, 2.24) is 4.98 Å². The fraction of sp³-hybridized carbons (Fsp3) is 0.316. The Labute approximate surface area is 162 Å². The van der Waals surface area contributed by atoms with Gasteiger partial charge in [0.2, 0.25) is 0 Å². The molecule has 27 heavy (non-hydrogen) atoms. The van der Waals surface area contributed by atoms with E-state index in [0.717, 1.165) is 6.42 Å². The number of hydrogen-bond donors (Lipinski definition) is 1. The Morgan fingerprint density at radius 2 is 1.85 bits per heavy atom. The highest BCUT2D eigenvalue weighted by molar-refractivity contribution is 6.32. The number of nitrogens with zero attached hydrogens (tertiary/aromatic N) is 1. The molecule has 0 spiro atoms. The van der Waals surface area contributed by atoms with E-state index in [2.05, 4.69) is 10.3 Å². The lowest BCUT2D eigenvalue weighted by Crippen LogP contribution is -2.31. The Hall–Kier alpha value is -2.80. The van der Waals surface area contributed by atoms with E-state index in [9.17, 15) is 9.59 Å². The summed E-state index contributed by atoms with van der Waals surface area (Å²) >= 11 is 5.88. The van der Waals surface area contributed by atoms with Crippen LogP contribution < -0.4 is 14.8 Å². The zero-order valence-corrected chi connectivity index (χ0v) is 15.9. The number of halogens is 1. The van der Waals surface area contributed by atoms with Crippen molar-refractivity contribution in [3.8, 4) is 11.5 Å². The molecule has 0 unspecified atom stereocenters. The highest BCUT2D eigenvalue weighted by Crippen LogP contribution is 2.26. The third kappa shape index (κ3) is 6.45. The average molecular weight is 393 g/mol. The van der Waals surface area contributed by atoms with Crippen LogP contribution in [0.15, 0.2) is 42.6 Å². The molecule has 0 saturated carbocycles. The molecule has 1 atom stereocenters. The summed E-state index contributed by atoms with van der Waals surface area (Å²) in [6.45, 7) is 3.64. The predicted molar refractivity (Wildman–Crippen MR) is 101 cm³/mol. The standard InChI is InChI=1S/C19H21ClN2O5/c1-3-11-25-15-8-4-5-9-16(15)26-12-17(23)27-13(2)19(24)22-14-7-6-10-21-18(14)20/h4-10,13H,3,11-12H2,1-2H3,(H,22,24)/t13-/m1/s1. The van der Waals surface area contributed by atoms with Gasteiger partial charge in [0.1, 0.15) is 0 Å². The zero-order valence-electron chi connectivity index (χ0n) is 15.1. The van der Waals surface area contributed by atoms with Gasteiger partial charge in [-0.2, -0.15) is 0 Å². The maximum Gasteiger partial charge on any atom is 0.344 e. The minimum Gasteiger partial charge on any atom is -0.490 e. The van der Waals surface area contributed by atoms with Crippen molar-refractivity contribution in [3.05, 3.63) is 47.7 Å². The van der Waals surface area contributed by atoms with Crippen molar-refractivity contribution < 1.29 is 23.8 Å². The quantitative estimate of drug-likeness (QED) is 0.519. The van der Waals surface area contributed by atoms with Crippen molar-refractivity contribution in [1.29, 1.82) is 0 Å². The number of benzene rings is 1. The van der Waals surface area contributed by atoms with E-state index in [1.54, 1.807) is 30.3 Å². The number of ether oxygens (including phenoxy) is 3. The summed E-state index contributed by atoms with van der Waals surface area (Å²) in [5, 5.41) is 2.70. The minimum atomic E-state index is -1.02. The molecule has 0 radical (unpaired) electrons. The van der Waals surface area contributed by atoms with Crippen LogP contribution in [0, 0.1) is 0 Å². The summed E-state index contributed by atoms with van der Waals surface area (Å²) in [5.41, 5.74) is 0.338. The van der Waals surface area contributed by atoms with Gasteiger partial charge in [-0.25, -0.2) is 9.78 Å². The van der Waals surface area contributed by atoms with E-state index in [1.807, 2.05) is 13.0 Å². The van der Waals surface area contributed by atoms with Gasteiger partial charge in [0.05, 0.1) is 12.3 Å². The number of anilines is 1. The Bertz CT molecular complexity index is 784. The van der Waals surface area contributed by atoms with Crippen LogP contribution in [0.25, 0.3) is 0 Å². The number of esters is 1. The number of rotatable bonds is 9. The van der Waals surface area contributed by atoms with Gasteiger partial charge >= 0.3 is 5.97 Å². The van der Waals surface area contributed by atoms with Crippen LogP contribution in [0.5, 0.6) is 11.5 Å².